The fourth-order valence-corrected chi connectivity index (χ4v) is 2.38. The highest BCUT2D eigenvalue weighted by molar-refractivity contribution is 7.89. The molecule has 4 N–H and O–H groups in total. The average molecular weight is 274 g/mol. The normalized spacial score (nSPS) is 12.6. The summed E-state index contributed by atoms with van der Waals surface area (Å²) in [5.74, 6) is -2.07. The van der Waals surface area contributed by atoms with E-state index in [1.54, 1.807) is 0 Å². The lowest BCUT2D eigenvalue weighted by atomic mass is 10.5. The molecule has 0 bridgehead atoms. The summed E-state index contributed by atoms with van der Waals surface area (Å²) in [5.41, 5.74) is 0. The van der Waals surface area contributed by atoms with E-state index in [9.17, 15) is 21.6 Å². The third kappa shape index (κ3) is 9.83. The molecule has 0 heterocycles. The van der Waals surface area contributed by atoms with Crippen LogP contribution in [0.15, 0.2) is 0 Å². The molecule has 0 aliphatic carbocycles. The highest BCUT2D eigenvalue weighted by atomic mass is 32.2. The van der Waals surface area contributed by atoms with Crippen LogP contribution in [0, 0.1) is 0 Å². The van der Waals surface area contributed by atoms with Crippen LogP contribution in [0.25, 0.3) is 0 Å². The Kier molecular flexibility index (Phi) is 5.86. The highest BCUT2D eigenvalue weighted by Gasteiger charge is 2.12. The molecule has 0 atom stereocenters. The average Bonchev–Trinajstić information content (AvgIpc) is 2.08. The molecule has 0 spiro atoms. The Morgan fingerprint density at radius 3 is 2.19 bits per heavy atom. The van der Waals surface area contributed by atoms with Gasteiger partial charge in [0.25, 0.3) is 0 Å². The van der Waals surface area contributed by atoms with Crippen molar-refractivity contribution in [2.75, 3.05) is 18.1 Å². The number of nitrogens with one attached hydrogen (secondary N) is 1. The van der Waals surface area contributed by atoms with Crippen molar-refractivity contribution in [2.24, 2.45) is 5.14 Å². The first-order valence-electron chi connectivity index (χ1n) is 4.32. The molecular formula is C6H14N2O6S2. The van der Waals surface area contributed by atoms with Gasteiger partial charge in [-0.05, 0) is 6.42 Å². The van der Waals surface area contributed by atoms with Crippen LogP contribution in [0.1, 0.15) is 12.8 Å². The zero-order valence-corrected chi connectivity index (χ0v) is 10.1. The van der Waals surface area contributed by atoms with Gasteiger partial charge in [-0.25, -0.2) is 26.7 Å². The Labute approximate surface area is 93.9 Å². The van der Waals surface area contributed by atoms with Crippen molar-refractivity contribution in [1.82, 2.24) is 4.72 Å². The van der Waals surface area contributed by atoms with E-state index in [2.05, 4.69) is 4.72 Å². The summed E-state index contributed by atoms with van der Waals surface area (Å²) in [6.45, 7) is -0.0849. The molecule has 0 fully saturated rings. The molecule has 0 rings (SSSR count). The number of sulfonamides is 2. The molecule has 0 aliphatic rings. The summed E-state index contributed by atoms with van der Waals surface area (Å²) in [6, 6.07) is 0. The van der Waals surface area contributed by atoms with Crippen molar-refractivity contribution in [2.45, 2.75) is 12.8 Å². The van der Waals surface area contributed by atoms with Crippen molar-refractivity contribution >= 4 is 26.0 Å². The lowest BCUT2D eigenvalue weighted by Crippen LogP contribution is -2.30. The zero-order valence-electron chi connectivity index (χ0n) is 8.42. The van der Waals surface area contributed by atoms with E-state index in [0.717, 1.165) is 0 Å². The number of nitrogens with two attached hydrogens (primary N) is 1. The van der Waals surface area contributed by atoms with Gasteiger partial charge < -0.3 is 5.11 Å². The van der Waals surface area contributed by atoms with Gasteiger partial charge in [0.1, 0.15) is 0 Å². The number of carboxylic acid groups (broad SMARTS) is 1. The molecule has 0 aromatic carbocycles. The Morgan fingerprint density at radius 1 is 1.19 bits per heavy atom. The van der Waals surface area contributed by atoms with Crippen molar-refractivity contribution in [1.29, 1.82) is 0 Å². The predicted octanol–water partition coefficient (Wildman–Crippen LogP) is -1.94. The maximum absolute atomic E-state index is 11.1. The first-order valence-corrected chi connectivity index (χ1v) is 7.69. The van der Waals surface area contributed by atoms with Gasteiger partial charge in [0.15, 0.2) is 0 Å². The van der Waals surface area contributed by atoms with Gasteiger partial charge in [0.05, 0.1) is 17.9 Å². The third-order valence-corrected chi connectivity index (χ3v) is 3.76. The Balaban J connectivity index is 3.88. The fourth-order valence-electron chi connectivity index (χ4n) is 0.795. The van der Waals surface area contributed by atoms with E-state index in [-0.39, 0.29) is 18.7 Å². The second-order valence-corrected chi connectivity index (χ2v) is 6.74. The number of aliphatic carboxylic acids is 1. The Bertz CT molecular complexity index is 426. The monoisotopic (exact) mass is 274 g/mol. The summed E-state index contributed by atoms with van der Waals surface area (Å²) in [7, 11) is -7.26. The maximum Gasteiger partial charge on any atom is 0.304 e. The number of primary sulfonamides is 1. The second kappa shape index (κ2) is 6.13. The van der Waals surface area contributed by atoms with Gasteiger partial charge in [0.2, 0.25) is 20.0 Å². The first kappa shape index (κ1) is 15.3. The van der Waals surface area contributed by atoms with Gasteiger partial charge in [-0.2, -0.15) is 0 Å². The van der Waals surface area contributed by atoms with Crippen molar-refractivity contribution < 1.29 is 26.7 Å². The van der Waals surface area contributed by atoms with Gasteiger partial charge in [-0.15, -0.1) is 0 Å². The van der Waals surface area contributed by atoms with E-state index >= 15 is 0 Å². The number of hydrogen-bond acceptors (Lipinski definition) is 5. The molecule has 0 radical (unpaired) electrons. The molecule has 8 nitrogen and oxygen atoms in total. The van der Waals surface area contributed by atoms with Crippen LogP contribution in [-0.4, -0.2) is 46.0 Å². The standard InChI is InChI=1S/C6H14N2O6S2/c7-15(11,12)4-1-3-8-16(13,14)5-2-6(9)10/h8H,1-5H2,(H,9,10)(H2,7,11,12). The molecule has 96 valence electrons. The molecule has 0 aliphatic heterocycles. The summed E-state index contributed by atoms with van der Waals surface area (Å²) >= 11 is 0. The van der Waals surface area contributed by atoms with E-state index in [4.69, 9.17) is 10.2 Å². The van der Waals surface area contributed by atoms with Gasteiger partial charge in [-0.3, -0.25) is 4.79 Å². The van der Waals surface area contributed by atoms with Crippen LogP contribution >= 0.6 is 0 Å². The molecule has 0 saturated heterocycles. The number of carboxylic acids is 1. The quantitative estimate of drug-likeness (QED) is 0.439. The first-order chi connectivity index (χ1) is 7.12. The molecular weight excluding hydrogens is 260 g/mol. The smallest absolute Gasteiger partial charge is 0.304 e. The van der Waals surface area contributed by atoms with Crippen molar-refractivity contribution in [3.8, 4) is 0 Å². The maximum atomic E-state index is 11.1. The van der Waals surface area contributed by atoms with Gasteiger partial charge in [0, 0.05) is 6.54 Å². The van der Waals surface area contributed by atoms with Crippen molar-refractivity contribution in [3.05, 3.63) is 0 Å². The molecule has 0 unspecified atom stereocenters. The van der Waals surface area contributed by atoms with Crippen LogP contribution in [0.2, 0.25) is 0 Å². The number of hydrogen-bond donors (Lipinski definition) is 3. The Morgan fingerprint density at radius 2 is 1.75 bits per heavy atom. The highest BCUT2D eigenvalue weighted by Crippen LogP contribution is 1.91. The lowest BCUT2D eigenvalue weighted by molar-refractivity contribution is -0.136. The predicted molar refractivity (Wildman–Crippen MR) is 56.6 cm³/mol. The lowest BCUT2D eigenvalue weighted by Gasteiger charge is -2.04. The number of carbonyl (C=O) groups is 1. The van der Waals surface area contributed by atoms with Crippen molar-refractivity contribution in [3.63, 3.8) is 0 Å². The van der Waals surface area contributed by atoms with Crippen LogP contribution in [0.4, 0.5) is 0 Å². The minimum atomic E-state index is -3.66. The van der Waals surface area contributed by atoms with Crippen LogP contribution in [0.5, 0.6) is 0 Å². The minimum absolute atomic E-state index is 0.0468. The van der Waals surface area contributed by atoms with Gasteiger partial charge >= 0.3 is 5.97 Å². The number of rotatable bonds is 8. The molecule has 0 aromatic rings. The molecule has 16 heavy (non-hydrogen) atoms. The molecule has 10 heteroatoms. The van der Waals surface area contributed by atoms with Crippen LogP contribution in [-0.2, 0) is 24.8 Å². The SMILES string of the molecule is NS(=O)(=O)CCCNS(=O)(=O)CCC(=O)O. The molecule has 0 saturated carbocycles. The molecule has 0 amide bonds. The Hall–Kier alpha value is -0.710. The summed E-state index contributed by atoms with van der Waals surface area (Å²) in [4.78, 5) is 10.1. The summed E-state index contributed by atoms with van der Waals surface area (Å²) in [5, 5.41) is 13.0. The van der Waals surface area contributed by atoms with E-state index in [1.807, 2.05) is 0 Å². The van der Waals surface area contributed by atoms with Gasteiger partial charge in [-0.1, -0.05) is 0 Å². The van der Waals surface area contributed by atoms with E-state index < -0.39 is 38.2 Å². The summed E-state index contributed by atoms with van der Waals surface area (Å²) in [6.07, 6.45) is -0.449. The fraction of sp³-hybridized carbons (Fsp3) is 0.833. The topological polar surface area (TPSA) is 144 Å². The van der Waals surface area contributed by atoms with E-state index in [0.29, 0.717) is 0 Å². The van der Waals surface area contributed by atoms with E-state index in [1.165, 1.54) is 0 Å². The minimum Gasteiger partial charge on any atom is -0.481 e. The zero-order chi connectivity index (χ0) is 12.8. The molecule has 0 aromatic heterocycles. The largest absolute Gasteiger partial charge is 0.481 e. The van der Waals surface area contributed by atoms with Crippen LogP contribution in [0.3, 0.4) is 0 Å². The second-order valence-electron chi connectivity index (χ2n) is 3.08. The van der Waals surface area contributed by atoms with Crippen LogP contribution < -0.4 is 9.86 Å². The summed E-state index contributed by atoms with van der Waals surface area (Å²) < 4.78 is 45.3. The third-order valence-electron chi connectivity index (χ3n) is 1.51.